The number of aliphatic hydroxyl groups is 1. The van der Waals surface area contributed by atoms with Crippen molar-refractivity contribution < 1.29 is 24.5 Å². The maximum absolute atomic E-state index is 13.4. The zero-order chi connectivity index (χ0) is 23.8. The number of ether oxygens (including phenoxy) is 1. The predicted octanol–water partition coefficient (Wildman–Crippen LogP) is 5.18. The molecule has 1 unspecified atom stereocenters. The lowest BCUT2D eigenvalue weighted by Crippen LogP contribution is -2.29. The van der Waals surface area contributed by atoms with Crippen LogP contribution in [0.4, 0.5) is 5.69 Å². The van der Waals surface area contributed by atoms with E-state index in [1.54, 1.807) is 48.5 Å². The number of rotatable bonds is 4. The number of aromatic hydroxyl groups is 1. The van der Waals surface area contributed by atoms with Crippen LogP contribution < -0.4 is 9.64 Å². The van der Waals surface area contributed by atoms with Crippen LogP contribution in [0.15, 0.2) is 96.6 Å². The third-order valence-corrected chi connectivity index (χ3v) is 6.03. The topological polar surface area (TPSA) is 87.1 Å². The lowest BCUT2D eigenvalue weighted by molar-refractivity contribution is -0.132. The van der Waals surface area contributed by atoms with E-state index in [4.69, 9.17) is 4.74 Å². The van der Waals surface area contributed by atoms with Crippen molar-refractivity contribution in [2.75, 3.05) is 12.0 Å². The molecule has 1 amide bonds. The van der Waals surface area contributed by atoms with Crippen molar-refractivity contribution in [1.29, 1.82) is 0 Å². The number of nitrogens with zero attached hydrogens (tertiary/aromatic N) is 1. The number of carbonyl (C=O) groups excluding carboxylic acids is 2. The number of methoxy groups -OCH3 is 1. The SMILES string of the molecule is COc1cccc(N2C(=O)C(=O)/C(=C(\O)c3cccc4ccccc34)C2c2ccc(O)cc2)c1. The first-order valence-corrected chi connectivity index (χ1v) is 10.7. The molecular formula is C28H21NO5. The molecule has 0 spiro atoms. The summed E-state index contributed by atoms with van der Waals surface area (Å²) in [5.41, 5.74) is 1.47. The Labute approximate surface area is 196 Å². The molecular weight excluding hydrogens is 430 g/mol. The smallest absolute Gasteiger partial charge is 0.300 e. The molecule has 0 radical (unpaired) electrons. The number of benzene rings is 4. The molecule has 1 heterocycles. The normalized spacial score (nSPS) is 17.3. The second-order valence-electron chi connectivity index (χ2n) is 7.99. The lowest BCUT2D eigenvalue weighted by Gasteiger charge is -2.26. The van der Waals surface area contributed by atoms with Gasteiger partial charge < -0.3 is 14.9 Å². The van der Waals surface area contributed by atoms with Gasteiger partial charge in [0.15, 0.2) is 0 Å². The Morgan fingerprint density at radius 1 is 0.882 bits per heavy atom. The maximum atomic E-state index is 13.4. The molecule has 168 valence electrons. The first-order valence-electron chi connectivity index (χ1n) is 10.7. The van der Waals surface area contributed by atoms with Gasteiger partial charge in [0.05, 0.1) is 18.7 Å². The number of hydrogen-bond donors (Lipinski definition) is 2. The van der Waals surface area contributed by atoms with Crippen LogP contribution in [-0.4, -0.2) is 29.0 Å². The zero-order valence-corrected chi connectivity index (χ0v) is 18.3. The van der Waals surface area contributed by atoms with Crippen molar-refractivity contribution in [2.24, 2.45) is 0 Å². The molecule has 34 heavy (non-hydrogen) atoms. The molecule has 0 aromatic heterocycles. The second kappa shape index (κ2) is 8.41. The van der Waals surface area contributed by atoms with Crippen LogP contribution in [0, 0.1) is 0 Å². The summed E-state index contributed by atoms with van der Waals surface area (Å²) < 4.78 is 5.31. The van der Waals surface area contributed by atoms with Crippen molar-refractivity contribution >= 4 is 33.9 Å². The molecule has 1 saturated heterocycles. The highest BCUT2D eigenvalue weighted by atomic mass is 16.5. The number of fused-ring (bicyclic) bond motifs is 1. The average molecular weight is 451 g/mol. The number of ketones is 1. The third-order valence-electron chi connectivity index (χ3n) is 6.03. The molecule has 1 aliphatic heterocycles. The highest BCUT2D eigenvalue weighted by molar-refractivity contribution is 6.51. The van der Waals surface area contributed by atoms with E-state index in [0.29, 0.717) is 22.6 Å². The lowest BCUT2D eigenvalue weighted by atomic mass is 9.93. The minimum atomic E-state index is -0.897. The minimum Gasteiger partial charge on any atom is -0.508 e. The van der Waals surface area contributed by atoms with E-state index in [1.807, 2.05) is 30.3 Å². The summed E-state index contributed by atoms with van der Waals surface area (Å²) in [4.78, 5) is 28.0. The number of anilines is 1. The molecule has 1 atom stereocenters. The number of phenolic OH excluding ortho intramolecular Hbond substituents is 1. The molecule has 4 aromatic rings. The van der Waals surface area contributed by atoms with Gasteiger partial charge >= 0.3 is 0 Å². The molecule has 1 fully saturated rings. The molecule has 2 N–H and O–H groups in total. The van der Waals surface area contributed by atoms with E-state index in [1.165, 1.54) is 24.1 Å². The molecule has 5 rings (SSSR count). The molecule has 0 bridgehead atoms. The first kappa shape index (κ1) is 21.3. The van der Waals surface area contributed by atoms with Crippen LogP contribution in [-0.2, 0) is 9.59 Å². The summed E-state index contributed by atoms with van der Waals surface area (Å²) >= 11 is 0. The summed E-state index contributed by atoms with van der Waals surface area (Å²) in [6.45, 7) is 0. The Morgan fingerprint density at radius 2 is 1.59 bits per heavy atom. The quantitative estimate of drug-likeness (QED) is 0.254. The number of carbonyl (C=O) groups is 2. The highest BCUT2D eigenvalue weighted by Gasteiger charge is 2.47. The van der Waals surface area contributed by atoms with Gasteiger partial charge in [-0.1, -0.05) is 60.7 Å². The molecule has 4 aromatic carbocycles. The number of aliphatic hydroxyl groups excluding tert-OH is 1. The number of amides is 1. The van der Waals surface area contributed by atoms with Gasteiger partial charge in [-0.3, -0.25) is 14.5 Å². The van der Waals surface area contributed by atoms with Crippen LogP contribution in [0.3, 0.4) is 0 Å². The van der Waals surface area contributed by atoms with Gasteiger partial charge in [0.1, 0.15) is 17.3 Å². The van der Waals surface area contributed by atoms with Gasteiger partial charge in [-0.25, -0.2) is 0 Å². The monoisotopic (exact) mass is 451 g/mol. The summed E-state index contributed by atoms with van der Waals surface area (Å²) in [6, 6.07) is 25.1. The Bertz CT molecular complexity index is 1450. The van der Waals surface area contributed by atoms with Crippen LogP contribution in [0.25, 0.3) is 16.5 Å². The summed E-state index contributed by atoms with van der Waals surface area (Å²) in [5.74, 6) is -1.22. The van der Waals surface area contributed by atoms with Crippen LogP contribution in [0.1, 0.15) is 17.2 Å². The highest BCUT2D eigenvalue weighted by Crippen LogP contribution is 2.43. The Balaban J connectivity index is 1.77. The van der Waals surface area contributed by atoms with Crippen molar-refractivity contribution in [2.45, 2.75) is 6.04 Å². The van der Waals surface area contributed by atoms with Gasteiger partial charge in [-0.15, -0.1) is 0 Å². The van der Waals surface area contributed by atoms with E-state index in [9.17, 15) is 19.8 Å². The Kier molecular flexibility index (Phi) is 5.26. The fraction of sp³-hybridized carbons (Fsp3) is 0.0714. The van der Waals surface area contributed by atoms with Gasteiger partial charge in [0.25, 0.3) is 11.7 Å². The Morgan fingerprint density at radius 3 is 2.35 bits per heavy atom. The molecule has 6 heteroatoms. The van der Waals surface area contributed by atoms with E-state index >= 15 is 0 Å². The largest absolute Gasteiger partial charge is 0.508 e. The van der Waals surface area contributed by atoms with Crippen molar-refractivity contribution in [1.82, 2.24) is 0 Å². The van der Waals surface area contributed by atoms with Gasteiger partial charge in [0.2, 0.25) is 0 Å². The molecule has 0 aliphatic carbocycles. The van der Waals surface area contributed by atoms with Gasteiger partial charge in [-0.05, 0) is 40.6 Å². The predicted molar refractivity (Wildman–Crippen MR) is 130 cm³/mol. The molecule has 1 aliphatic rings. The number of hydrogen-bond acceptors (Lipinski definition) is 5. The number of phenols is 1. The minimum absolute atomic E-state index is 0.0186. The van der Waals surface area contributed by atoms with Crippen molar-refractivity contribution in [3.05, 3.63) is 108 Å². The first-order chi connectivity index (χ1) is 16.5. The average Bonchev–Trinajstić information content (AvgIpc) is 3.14. The van der Waals surface area contributed by atoms with E-state index in [-0.39, 0.29) is 17.1 Å². The summed E-state index contributed by atoms with van der Waals surface area (Å²) in [7, 11) is 1.52. The van der Waals surface area contributed by atoms with Crippen molar-refractivity contribution in [3.8, 4) is 11.5 Å². The third kappa shape index (κ3) is 3.46. The zero-order valence-electron chi connectivity index (χ0n) is 18.3. The van der Waals surface area contributed by atoms with Crippen LogP contribution in [0.5, 0.6) is 11.5 Å². The van der Waals surface area contributed by atoms with Crippen molar-refractivity contribution in [3.63, 3.8) is 0 Å². The van der Waals surface area contributed by atoms with E-state index in [0.717, 1.165) is 10.8 Å². The fourth-order valence-corrected chi connectivity index (χ4v) is 4.41. The van der Waals surface area contributed by atoms with Crippen LogP contribution in [0.2, 0.25) is 0 Å². The summed E-state index contributed by atoms with van der Waals surface area (Å²) in [5, 5.41) is 22.9. The maximum Gasteiger partial charge on any atom is 0.300 e. The molecule has 6 nitrogen and oxygen atoms in total. The van der Waals surface area contributed by atoms with Crippen LogP contribution >= 0.6 is 0 Å². The second-order valence-corrected chi connectivity index (χ2v) is 7.99. The standard InChI is InChI=1S/C28H21NO5/c1-34-21-9-5-8-19(16-21)29-25(18-12-14-20(30)15-13-18)24(27(32)28(29)33)26(31)23-11-4-7-17-6-2-3-10-22(17)23/h2-16,25,30-31H,1H3/b26-24-. The molecule has 0 saturated carbocycles. The van der Waals surface area contributed by atoms with E-state index < -0.39 is 17.7 Å². The van der Waals surface area contributed by atoms with E-state index in [2.05, 4.69) is 0 Å². The van der Waals surface area contributed by atoms with Gasteiger partial charge in [0, 0.05) is 17.3 Å². The Hall–Kier alpha value is -4.58. The number of Topliss-reactive ketones (excluding diaryl/α,β-unsaturated/α-hetero) is 1. The fourth-order valence-electron chi connectivity index (χ4n) is 4.41. The van der Waals surface area contributed by atoms with Gasteiger partial charge in [-0.2, -0.15) is 0 Å². The summed E-state index contributed by atoms with van der Waals surface area (Å²) in [6.07, 6.45) is 0.